The molecule has 27 heavy (non-hydrogen) atoms. The molecule has 1 saturated carbocycles. The van der Waals surface area contributed by atoms with Gasteiger partial charge >= 0.3 is 0 Å². The molecule has 0 bridgehead atoms. The third-order valence-electron chi connectivity index (χ3n) is 6.36. The van der Waals surface area contributed by atoms with Crippen molar-refractivity contribution < 1.29 is 14.4 Å². The predicted molar refractivity (Wildman–Crippen MR) is 102 cm³/mol. The van der Waals surface area contributed by atoms with E-state index in [0.29, 0.717) is 36.6 Å². The largest absolute Gasteiger partial charge is 0.354 e. The molecule has 2 fully saturated rings. The molecule has 3 amide bonds. The topological polar surface area (TPSA) is 69.7 Å². The summed E-state index contributed by atoms with van der Waals surface area (Å²) >= 11 is 0. The fourth-order valence-electron chi connectivity index (χ4n) is 4.79. The number of anilines is 1. The third-order valence-corrected chi connectivity index (χ3v) is 6.36. The minimum atomic E-state index is -0.773. The van der Waals surface area contributed by atoms with Crippen LogP contribution in [0.2, 0.25) is 0 Å². The van der Waals surface area contributed by atoms with E-state index in [2.05, 4.69) is 5.32 Å². The summed E-state index contributed by atoms with van der Waals surface area (Å²) in [5, 5.41) is 3.02. The molecule has 0 radical (unpaired) electrons. The highest BCUT2D eigenvalue weighted by Gasteiger charge is 2.53. The lowest BCUT2D eigenvalue weighted by molar-refractivity contribution is -0.124. The quantitative estimate of drug-likeness (QED) is 0.887. The van der Waals surface area contributed by atoms with Crippen LogP contribution in [0.3, 0.4) is 0 Å². The van der Waals surface area contributed by atoms with Crippen LogP contribution >= 0.6 is 0 Å². The predicted octanol–water partition coefficient (Wildman–Crippen LogP) is 2.68. The van der Waals surface area contributed by atoms with E-state index in [1.165, 1.54) is 19.3 Å². The number of carbonyl (C=O) groups excluding carboxylic acids is 3. The highest BCUT2D eigenvalue weighted by molar-refractivity contribution is 6.11. The molecule has 1 N–H and O–H groups in total. The van der Waals surface area contributed by atoms with Crippen LogP contribution in [0.25, 0.3) is 0 Å². The monoisotopic (exact) mass is 369 g/mol. The number of fused-ring (bicyclic) bond motifs is 3. The fraction of sp³-hybridized carbons (Fsp3) is 0.571. The average Bonchev–Trinajstić information content (AvgIpc) is 3.00. The number of rotatable bonds is 4. The number of benzene rings is 1. The Hall–Kier alpha value is -2.37. The zero-order valence-electron chi connectivity index (χ0n) is 15.9. The van der Waals surface area contributed by atoms with Gasteiger partial charge in [-0.3, -0.25) is 19.3 Å². The Balaban J connectivity index is 1.52. The highest BCUT2D eigenvalue weighted by atomic mass is 16.2. The SMILES string of the molecule is C[C@]12CCC(=O)N1c1ccccc1C(=O)N2CC(=O)NCC1CCCCC1. The van der Waals surface area contributed by atoms with Gasteiger partial charge in [0.05, 0.1) is 11.3 Å². The Bertz CT molecular complexity index is 772. The van der Waals surface area contributed by atoms with Gasteiger partial charge in [0.25, 0.3) is 5.91 Å². The summed E-state index contributed by atoms with van der Waals surface area (Å²) in [5.41, 5.74) is 0.377. The van der Waals surface area contributed by atoms with Gasteiger partial charge < -0.3 is 10.2 Å². The summed E-state index contributed by atoms with van der Waals surface area (Å²) in [7, 11) is 0. The first kappa shape index (κ1) is 18.0. The number of nitrogens with one attached hydrogen (secondary N) is 1. The Morgan fingerprint density at radius 1 is 1.19 bits per heavy atom. The summed E-state index contributed by atoms with van der Waals surface area (Å²) in [6.07, 6.45) is 7.01. The van der Waals surface area contributed by atoms with E-state index in [-0.39, 0.29) is 24.3 Å². The van der Waals surface area contributed by atoms with Crippen LogP contribution in [0.5, 0.6) is 0 Å². The van der Waals surface area contributed by atoms with E-state index in [1.807, 2.05) is 19.1 Å². The zero-order chi connectivity index (χ0) is 19.0. The number of nitrogens with zero attached hydrogens (tertiary/aromatic N) is 2. The lowest BCUT2D eigenvalue weighted by Crippen LogP contribution is -2.64. The molecule has 0 aromatic heterocycles. The van der Waals surface area contributed by atoms with Crippen molar-refractivity contribution in [1.82, 2.24) is 10.2 Å². The first-order valence-corrected chi connectivity index (χ1v) is 10.0. The lowest BCUT2D eigenvalue weighted by atomic mass is 9.89. The van der Waals surface area contributed by atoms with Crippen molar-refractivity contribution in [2.24, 2.45) is 5.92 Å². The maximum atomic E-state index is 13.1. The van der Waals surface area contributed by atoms with Crippen molar-refractivity contribution in [2.45, 2.75) is 57.5 Å². The molecule has 0 spiro atoms. The van der Waals surface area contributed by atoms with Crippen molar-refractivity contribution in [1.29, 1.82) is 0 Å². The third kappa shape index (κ3) is 3.11. The fourth-order valence-corrected chi connectivity index (χ4v) is 4.79. The molecule has 3 aliphatic rings. The maximum absolute atomic E-state index is 13.1. The van der Waals surface area contributed by atoms with E-state index in [4.69, 9.17) is 0 Å². The number of hydrogen-bond donors (Lipinski definition) is 1. The second kappa shape index (κ2) is 6.98. The molecule has 4 rings (SSSR count). The highest BCUT2D eigenvalue weighted by Crippen LogP contribution is 2.43. The van der Waals surface area contributed by atoms with E-state index in [0.717, 1.165) is 12.8 Å². The molecule has 0 unspecified atom stereocenters. The molecule has 1 atom stereocenters. The van der Waals surface area contributed by atoms with E-state index < -0.39 is 5.66 Å². The van der Waals surface area contributed by atoms with Crippen LogP contribution < -0.4 is 10.2 Å². The van der Waals surface area contributed by atoms with Crippen LogP contribution in [0.4, 0.5) is 5.69 Å². The molecule has 1 aromatic rings. The molecular weight excluding hydrogens is 342 g/mol. The van der Waals surface area contributed by atoms with Crippen LogP contribution in [0, 0.1) is 5.92 Å². The van der Waals surface area contributed by atoms with Gasteiger partial charge in [-0.2, -0.15) is 0 Å². The minimum absolute atomic E-state index is 0.00469. The summed E-state index contributed by atoms with van der Waals surface area (Å²) in [6.45, 7) is 2.55. The smallest absolute Gasteiger partial charge is 0.258 e. The van der Waals surface area contributed by atoms with Gasteiger partial charge in [0.1, 0.15) is 12.2 Å². The van der Waals surface area contributed by atoms with Crippen LogP contribution in [-0.4, -0.2) is 41.4 Å². The Morgan fingerprint density at radius 3 is 2.70 bits per heavy atom. The number of amides is 3. The normalized spacial score (nSPS) is 25.4. The first-order chi connectivity index (χ1) is 13.0. The van der Waals surface area contributed by atoms with Gasteiger partial charge in [0.15, 0.2) is 0 Å². The van der Waals surface area contributed by atoms with Crippen molar-refractivity contribution in [2.75, 3.05) is 18.0 Å². The van der Waals surface area contributed by atoms with Crippen molar-refractivity contribution >= 4 is 23.4 Å². The minimum Gasteiger partial charge on any atom is -0.354 e. The molecule has 6 heteroatoms. The lowest BCUT2D eigenvalue weighted by Gasteiger charge is -2.48. The van der Waals surface area contributed by atoms with E-state index >= 15 is 0 Å². The summed E-state index contributed by atoms with van der Waals surface area (Å²) in [4.78, 5) is 41.6. The van der Waals surface area contributed by atoms with E-state index in [9.17, 15) is 14.4 Å². The molecule has 1 saturated heterocycles. The van der Waals surface area contributed by atoms with Gasteiger partial charge in [0, 0.05) is 13.0 Å². The average molecular weight is 369 g/mol. The number of para-hydroxylation sites is 1. The molecule has 144 valence electrons. The molecule has 2 aliphatic heterocycles. The second-order valence-corrected chi connectivity index (χ2v) is 8.16. The van der Waals surface area contributed by atoms with Crippen molar-refractivity contribution in [3.63, 3.8) is 0 Å². The standard InChI is InChI=1S/C21H27N3O3/c1-21-12-11-19(26)24(21)17-10-6-5-9-16(17)20(27)23(21)14-18(25)22-13-15-7-3-2-4-8-15/h5-6,9-10,15H,2-4,7-8,11-14H2,1H3,(H,22,25)/t21-/m1/s1. The molecular formula is C21H27N3O3. The zero-order valence-corrected chi connectivity index (χ0v) is 15.9. The second-order valence-electron chi connectivity index (χ2n) is 8.16. The Kier molecular flexibility index (Phi) is 4.66. The van der Waals surface area contributed by atoms with Gasteiger partial charge in [-0.15, -0.1) is 0 Å². The maximum Gasteiger partial charge on any atom is 0.258 e. The number of hydrogen-bond acceptors (Lipinski definition) is 3. The first-order valence-electron chi connectivity index (χ1n) is 10.0. The van der Waals surface area contributed by atoms with Gasteiger partial charge in [0.2, 0.25) is 11.8 Å². The van der Waals surface area contributed by atoms with E-state index in [1.54, 1.807) is 21.9 Å². The van der Waals surface area contributed by atoms with Gasteiger partial charge in [-0.25, -0.2) is 0 Å². The van der Waals surface area contributed by atoms with Crippen LogP contribution in [-0.2, 0) is 9.59 Å². The molecule has 1 aromatic carbocycles. The van der Waals surface area contributed by atoms with Gasteiger partial charge in [-0.05, 0) is 44.2 Å². The van der Waals surface area contributed by atoms with Crippen molar-refractivity contribution in [3.05, 3.63) is 29.8 Å². The Labute approximate surface area is 159 Å². The number of carbonyl (C=O) groups is 3. The van der Waals surface area contributed by atoms with Gasteiger partial charge in [-0.1, -0.05) is 31.4 Å². The summed E-state index contributed by atoms with van der Waals surface area (Å²) in [6, 6.07) is 7.18. The van der Waals surface area contributed by atoms with Crippen molar-refractivity contribution in [3.8, 4) is 0 Å². The molecule has 6 nitrogen and oxygen atoms in total. The van der Waals surface area contributed by atoms with Crippen LogP contribution in [0.1, 0.15) is 62.2 Å². The molecule has 2 heterocycles. The summed E-state index contributed by atoms with van der Waals surface area (Å²) in [5.74, 6) is 0.228. The Morgan fingerprint density at radius 2 is 1.93 bits per heavy atom. The summed E-state index contributed by atoms with van der Waals surface area (Å²) < 4.78 is 0. The van der Waals surface area contributed by atoms with Crippen LogP contribution in [0.15, 0.2) is 24.3 Å². The molecule has 1 aliphatic carbocycles.